The standard InChI is InChI=1S/C20H30O4/c1-2-3-13-16-19(24-23)17-14-11-9-7-5-4-6-8-10-12-15-18-20(21)22/h3-5,8-11,13-14,17,19,23H,2,6-7,12,15-16,18H2,1H3,(H,21,22)/b5-4?,10-8?,11-9?,13-3?,17-14+/t19-/m0/s1. The Morgan fingerprint density at radius 2 is 1.71 bits per heavy atom. The van der Waals surface area contributed by atoms with E-state index in [1.54, 1.807) is 0 Å². The Morgan fingerprint density at radius 1 is 1.00 bits per heavy atom. The van der Waals surface area contributed by atoms with Gasteiger partial charge in [-0.3, -0.25) is 10.1 Å². The van der Waals surface area contributed by atoms with Gasteiger partial charge in [-0.25, -0.2) is 4.89 Å². The number of allylic oxidation sites excluding steroid dienone is 8. The number of rotatable bonds is 14. The number of unbranched alkanes of at least 4 members (excludes halogenated alkanes) is 1. The highest BCUT2D eigenvalue weighted by Crippen LogP contribution is 2.02. The maximum Gasteiger partial charge on any atom is 0.303 e. The summed E-state index contributed by atoms with van der Waals surface area (Å²) in [5.41, 5.74) is 0. The zero-order valence-electron chi connectivity index (χ0n) is 14.5. The average molecular weight is 334 g/mol. The smallest absolute Gasteiger partial charge is 0.303 e. The molecule has 0 unspecified atom stereocenters. The topological polar surface area (TPSA) is 66.8 Å². The van der Waals surface area contributed by atoms with E-state index in [1.807, 2.05) is 42.5 Å². The number of carbonyl (C=O) groups is 1. The molecule has 0 radical (unpaired) electrons. The van der Waals surface area contributed by atoms with Gasteiger partial charge in [0.05, 0.1) is 0 Å². The third kappa shape index (κ3) is 16.5. The fourth-order valence-corrected chi connectivity index (χ4v) is 1.83. The van der Waals surface area contributed by atoms with Crippen molar-refractivity contribution >= 4 is 5.97 Å². The van der Waals surface area contributed by atoms with Crippen LogP contribution in [0.2, 0.25) is 0 Å². The Kier molecular flexibility index (Phi) is 16.1. The van der Waals surface area contributed by atoms with Crippen molar-refractivity contribution in [2.24, 2.45) is 0 Å². The van der Waals surface area contributed by atoms with E-state index in [1.165, 1.54) is 0 Å². The summed E-state index contributed by atoms with van der Waals surface area (Å²) < 4.78 is 0. The van der Waals surface area contributed by atoms with Gasteiger partial charge in [0, 0.05) is 6.42 Å². The molecule has 0 fully saturated rings. The predicted octanol–water partition coefficient (Wildman–Crippen LogP) is 5.46. The van der Waals surface area contributed by atoms with Crippen molar-refractivity contribution in [3.63, 3.8) is 0 Å². The van der Waals surface area contributed by atoms with Crippen LogP contribution in [0.4, 0.5) is 0 Å². The number of carboxylic acid groups (broad SMARTS) is 1. The molecule has 4 nitrogen and oxygen atoms in total. The fourth-order valence-electron chi connectivity index (χ4n) is 1.83. The number of hydrogen-bond acceptors (Lipinski definition) is 3. The normalized spacial score (nSPS) is 14.1. The van der Waals surface area contributed by atoms with Gasteiger partial charge in [0.15, 0.2) is 0 Å². The van der Waals surface area contributed by atoms with E-state index in [0.717, 1.165) is 25.7 Å². The first-order chi connectivity index (χ1) is 11.7. The van der Waals surface area contributed by atoms with Crippen molar-refractivity contribution < 1.29 is 20.0 Å². The molecule has 0 amide bonds. The van der Waals surface area contributed by atoms with Gasteiger partial charge in [-0.1, -0.05) is 67.7 Å². The summed E-state index contributed by atoms with van der Waals surface area (Å²) in [4.78, 5) is 14.7. The number of aliphatic carboxylic acids is 1. The quantitative estimate of drug-likeness (QED) is 0.145. The third-order valence-corrected chi connectivity index (χ3v) is 3.12. The molecule has 0 aromatic heterocycles. The van der Waals surface area contributed by atoms with E-state index in [4.69, 9.17) is 10.4 Å². The Labute approximate surface area is 145 Å². The Bertz CT molecular complexity index is 445. The van der Waals surface area contributed by atoms with Crippen LogP contribution in [0.1, 0.15) is 51.9 Å². The summed E-state index contributed by atoms with van der Waals surface area (Å²) in [7, 11) is 0. The summed E-state index contributed by atoms with van der Waals surface area (Å²) in [6.45, 7) is 2.06. The van der Waals surface area contributed by atoms with Crippen LogP contribution in [0.3, 0.4) is 0 Å². The zero-order valence-corrected chi connectivity index (χ0v) is 14.5. The predicted molar refractivity (Wildman–Crippen MR) is 98.8 cm³/mol. The summed E-state index contributed by atoms with van der Waals surface area (Å²) >= 11 is 0. The molecule has 1 atom stereocenters. The molecule has 0 aliphatic heterocycles. The van der Waals surface area contributed by atoms with E-state index in [0.29, 0.717) is 12.8 Å². The average Bonchev–Trinajstić information content (AvgIpc) is 2.57. The van der Waals surface area contributed by atoms with Crippen LogP contribution in [-0.2, 0) is 9.68 Å². The molecular weight excluding hydrogens is 304 g/mol. The van der Waals surface area contributed by atoms with E-state index < -0.39 is 5.97 Å². The van der Waals surface area contributed by atoms with Crippen LogP contribution in [-0.4, -0.2) is 22.4 Å². The van der Waals surface area contributed by atoms with Gasteiger partial charge >= 0.3 is 5.97 Å². The van der Waals surface area contributed by atoms with Crippen molar-refractivity contribution in [1.82, 2.24) is 0 Å². The minimum atomic E-state index is -0.738. The Balaban J connectivity index is 3.75. The van der Waals surface area contributed by atoms with Gasteiger partial charge in [-0.05, 0) is 38.5 Å². The molecule has 24 heavy (non-hydrogen) atoms. The van der Waals surface area contributed by atoms with Crippen molar-refractivity contribution in [3.8, 4) is 0 Å². The lowest BCUT2D eigenvalue weighted by atomic mass is 10.2. The van der Waals surface area contributed by atoms with Gasteiger partial charge in [-0.15, -0.1) is 0 Å². The molecule has 0 spiro atoms. The molecule has 0 rings (SSSR count). The van der Waals surface area contributed by atoms with Gasteiger partial charge < -0.3 is 5.11 Å². The molecule has 2 N–H and O–H groups in total. The highest BCUT2D eigenvalue weighted by Gasteiger charge is 1.99. The van der Waals surface area contributed by atoms with Crippen molar-refractivity contribution in [2.75, 3.05) is 0 Å². The molecule has 0 saturated heterocycles. The highest BCUT2D eigenvalue weighted by atomic mass is 17.1. The second-order valence-electron chi connectivity index (χ2n) is 5.27. The van der Waals surface area contributed by atoms with Crippen LogP contribution >= 0.6 is 0 Å². The Morgan fingerprint density at radius 3 is 2.38 bits per heavy atom. The summed E-state index contributed by atoms with van der Waals surface area (Å²) in [6.07, 6.45) is 24.7. The van der Waals surface area contributed by atoms with Crippen LogP contribution in [0.25, 0.3) is 0 Å². The van der Waals surface area contributed by atoms with Crippen LogP contribution in [0.15, 0.2) is 60.8 Å². The van der Waals surface area contributed by atoms with Gasteiger partial charge in [0.1, 0.15) is 6.10 Å². The SMILES string of the molecule is CCC=CC[C@@H](/C=C/C=CCC=CCC=CCCCC(=O)O)OO. The van der Waals surface area contributed by atoms with E-state index in [-0.39, 0.29) is 12.5 Å². The summed E-state index contributed by atoms with van der Waals surface area (Å²) in [5, 5.41) is 17.3. The van der Waals surface area contributed by atoms with Crippen molar-refractivity contribution in [2.45, 2.75) is 58.0 Å². The van der Waals surface area contributed by atoms with Gasteiger partial charge in [0.2, 0.25) is 0 Å². The molecule has 0 aromatic rings. The van der Waals surface area contributed by atoms with Crippen molar-refractivity contribution in [3.05, 3.63) is 60.8 Å². The molecule has 0 bridgehead atoms. The van der Waals surface area contributed by atoms with Crippen molar-refractivity contribution in [1.29, 1.82) is 0 Å². The van der Waals surface area contributed by atoms with Gasteiger partial charge in [-0.2, -0.15) is 0 Å². The van der Waals surface area contributed by atoms with E-state index >= 15 is 0 Å². The first-order valence-corrected chi connectivity index (χ1v) is 8.51. The zero-order chi connectivity index (χ0) is 17.9. The largest absolute Gasteiger partial charge is 0.481 e. The van der Waals surface area contributed by atoms with E-state index in [9.17, 15) is 4.79 Å². The lowest BCUT2D eigenvalue weighted by molar-refractivity contribution is -0.264. The Hall–Kier alpha value is -1.91. The minimum Gasteiger partial charge on any atom is -0.481 e. The third-order valence-electron chi connectivity index (χ3n) is 3.12. The van der Waals surface area contributed by atoms with Crippen LogP contribution in [0.5, 0.6) is 0 Å². The lowest BCUT2D eigenvalue weighted by Crippen LogP contribution is -2.04. The first-order valence-electron chi connectivity index (χ1n) is 8.51. The van der Waals surface area contributed by atoms with E-state index in [2.05, 4.69) is 30.0 Å². The second kappa shape index (κ2) is 17.4. The van der Waals surface area contributed by atoms with Gasteiger partial charge in [0.25, 0.3) is 0 Å². The number of carboxylic acids is 1. The lowest BCUT2D eigenvalue weighted by Gasteiger charge is -2.03. The first kappa shape index (κ1) is 22.1. The minimum absolute atomic E-state index is 0.232. The van der Waals surface area contributed by atoms with Crippen LogP contribution < -0.4 is 0 Å². The molecular formula is C20H30O4. The molecule has 4 heteroatoms. The highest BCUT2D eigenvalue weighted by molar-refractivity contribution is 5.66. The fraction of sp³-hybridized carbons (Fsp3) is 0.450. The monoisotopic (exact) mass is 334 g/mol. The molecule has 0 saturated carbocycles. The summed E-state index contributed by atoms with van der Waals surface area (Å²) in [5.74, 6) is -0.738. The molecule has 0 aliphatic carbocycles. The maximum atomic E-state index is 10.3. The molecule has 0 aliphatic rings. The summed E-state index contributed by atoms with van der Waals surface area (Å²) in [6, 6.07) is 0. The molecule has 0 aromatic carbocycles. The number of hydrogen-bond donors (Lipinski definition) is 2. The van der Waals surface area contributed by atoms with Crippen LogP contribution in [0, 0.1) is 0 Å². The second-order valence-corrected chi connectivity index (χ2v) is 5.27. The maximum absolute atomic E-state index is 10.3. The molecule has 0 heterocycles. The molecule has 134 valence electrons.